The molecule has 0 aliphatic rings. The van der Waals surface area contributed by atoms with Crippen LogP contribution >= 0.6 is 0 Å². The molecule has 2 N–H and O–H groups in total. The molecule has 0 saturated carbocycles. The van der Waals surface area contributed by atoms with Crippen LogP contribution in [0, 0.1) is 0 Å². The molecule has 0 spiro atoms. The number of rotatable bonds is 5. The Morgan fingerprint density at radius 2 is 1.95 bits per heavy atom. The van der Waals surface area contributed by atoms with E-state index in [9.17, 15) is 4.79 Å². The van der Waals surface area contributed by atoms with Crippen molar-refractivity contribution in [3.8, 4) is 5.75 Å². The topological polar surface area (TPSA) is 55.6 Å². The lowest BCUT2D eigenvalue weighted by Gasteiger charge is -2.18. The molecule has 21 heavy (non-hydrogen) atoms. The normalized spacial score (nSPS) is 10.2. The van der Waals surface area contributed by atoms with E-state index < -0.39 is 0 Å². The van der Waals surface area contributed by atoms with Crippen molar-refractivity contribution in [1.82, 2.24) is 0 Å². The first-order chi connectivity index (χ1) is 10.1. The molecule has 1 amide bonds. The van der Waals surface area contributed by atoms with Crippen molar-refractivity contribution >= 4 is 17.3 Å². The van der Waals surface area contributed by atoms with Gasteiger partial charge >= 0.3 is 0 Å². The molecule has 0 radical (unpaired) electrons. The predicted octanol–water partition coefficient (Wildman–Crippen LogP) is 2.87. The van der Waals surface area contributed by atoms with E-state index in [1.807, 2.05) is 48.5 Å². The molecule has 0 bridgehead atoms. The summed E-state index contributed by atoms with van der Waals surface area (Å²) in [5.74, 6) is 0.783. The van der Waals surface area contributed by atoms with Gasteiger partial charge in [0.05, 0.1) is 7.11 Å². The number of anilines is 2. The predicted molar refractivity (Wildman–Crippen MR) is 85.6 cm³/mol. The highest BCUT2D eigenvalue weighted by Gasteiger charge is 2.12. The van der Waals surface area contributed by atoms with Crippen molar-refractivity contribution in [2.24, 2.45) is 0 Å². The van der Waals surface area contributed by atoms with E-state index >= 15 is 0 Å². The van der Waals surface area contributed by atoms with E-state index in [1.54, 1.807) is 19.1 Å². The lowest BCUT2D eigenvalue weighted by Crippen LogP contribution is -2.26. The molecule has 0 aromatic heterocycles. The Labute approximate surface area is 125 Å². The van der Waals surface area contributed by atoms with Gasteiger partial charge in [0.1, 0.15) is 5.75 Å². The number of hydrogen-bond donors (Lipinski definition) is 1. The highest BCUT2D eigenvalue weighted by atomic mass is 16.5. The number of aryl methyl sites for hydroxylation is 1. The Morgan fingerprint density at radius 1 is 1.19 bits per heavy atom. The van der Waals surface area contributed by atoms with Gasteiger partial charge in [-0.05, 0) is 30.2 Å². The van der Waals surface area contributed by atoms with Gasteiger partial charge in [-0.1, -0.05) is 24.3 Å². The summed E-state index contributed by atoms with van der Waals surface area (Å²) >= 11 is 0. The summed E-state index contributed by atoms with van der Waals surface area (Å²) in [6.45, 7) is 0. The fourth-order valence-corrected chi connectivity index (χ4v) is 2.13. The third kappa shape index (κ3) is 3.75. The van der Waals surface area contributed by atoms with Crippen LogP contribution in [0.4, 0.5) is 11.4 Å². The van der Waals surface area contributed by atoms with E-state index in [1.165, 1.54) is 0 Å². The van der Waals surface area contributed by atoms with Crippen LogP contribution in [-0.4, -0.2) is 20.1 Å². The van der Waals surface area contributed by atoms with E-state index in [0.29, 0.717) is 12.8 Å². The number of amides is 1. The number of methoxy groups -OCH3 is 1. The zero-order valence-corrected chi connectivity index (χ0v) is 12.4. The highest BCUT2D eigenvalue weighted by Crippen LogP contribution is 2.21. The van der Waals surface area contributed by atoms with Gasteiger partial charge in [0.15, 0.2) is 0 Å². The number of nitrogens with two attached hydrogens (primary N) is 1. The molecule has 110 valence electrons. The van der Waals surface area contributed by atoms with Crippen molar-refractivity contribution in [3.05, 3.63) is 54.1 Å². The smallest absolute Gasteiger partial charge is 0.227 e. The quantitative estimate of drug-likeness (QED) is 0.859. The number of hydrogen-bond acceptors (Lipinski definition) is 3. The monoisotopic (exact) mass is 284 g/mol. The van der Waals surface area contributed by atoms with Gasteiger partial charge < -0.3 is 15.4 Å². The average Bonchev–Trinajstić information content (AvgIpc) is 2.53. The molecule has 0 aliphatic heterocycles. The van der Waals surface area contributed by atoms with Crippen LogP contribution in [0.2, 0.25) is 0 Å². The highest BCUT2D eigenvalue weighted by molar-refractivity contribution is 5.93. The first kappa shape index (κ1) is 14.9. The number of nitrogens with zero attached hydrogens (tertiary/aromatic N) is 1. The molecule has 4 heteroatoms. The molecule has 0 heterocycles. The van der Waals surface area contributed by atoms with Gasteiger partial charge in [0, 0.05) is 30.9 Å². The van der Waals surface area contributed by atoms with Gasteiger partial charge in [0.2, 0.25) is 5.91 Å². The lowest BCUT2D eigenvalue weighted by atomic mass is 10.1. The first-order valence-corrected chi connectivity index (χ1v) is 6.86. The van der Waals surface area contributed by atoms with Gasteiger partial charge in [-0.15, -0.1) is 0 Å². The Bertz CT molecular complexity index is 626. The summed E-state index contributed by atoms with van der Waals surface area (Å²) in [6.07, 6.45) is 1.06. The van der Waals surface area contributed by atoms with Gasteiger partial charge in [-0.2, -0.15) is 0 Å². The second kappa shape index (κ2) is 6.79. The van der Waals surface area contributed by atoms with Crippen LogP contribution in [0.15, 0.2) is 48.5 Å². The standard InChI is InChI=1S/C17H20N2O2/c1-19(14-7-5-8-15(12-14)21-2)17(20)11-10-13-6-3-4-9-16(13)18/h3-9,12H,10-11,18H2,1-2H3. The summed E-state index contributed by atoms with van der Waals surface area (Å²) in [5, 5.41) is 0. The number of carbonyl (C=O) groups is 1. The van der Waals surface area contributed by atoms with Crippen molar-refractivity contribution in [1.29, 1.82) is 0 Å². The number of benzene rings is 2. The van der Waals surface area contributed by atoms with Crippen LogP contribution < -0.4 is 15.4 Å². The van der Waals surface area contributed by atoms with Crippen LogP contribution in [0.25, 0.3) is 0 Å². The second-order valence-corrected chi connectivity index (χ2v) is 4.85. The van der Waals surface area contributed by atoms with Crippen molar-refractivity contribution < 1.29 is 9.53 Å². The Morgan fingerprint density at radius 3 is 2.67 bits per heavy atom. The summed E-state index contributed by atoms with van der Waals surface area (Å²) in [4.78, 5) is 13.9. The third-order valence-electron chi connectivity index (χ3n) is 3.48. The molecule has 0 atom stereocenters. The van der Waals surface area contributed by atoms with E-state index in [4.69, 9.17) is 10.5 Å². The van der Waals surface area contributed by atoms with Crippen LogP contribution in [0.1, 0.15) is 12.0 Å². The maximum absolute atomic E-state index is 12.3. The van der Waals surface area contributed by atoms with Crippen LogP contribution in [-0.2, 0) is 11.2 Å². The Kier molecular flexibility index (Phi) is 4.82. The fraction of sp³-hybridized carbons (Fsp3) is 0.235. The van der Waals surface area contributed by atoms with E-state index in [0.717, 1.165) is 22.7 Å². The molecule has 0 unspecified atom stereocenters. The van der Waals surface area contributed by atoms with E-state index in [-0.39, 0.29) is 5.91 Å². The molecule has 2 aromatic rings. The summed E-state index contributed by atoms with van der Waals surface area (Å²) in [5.41, 5.74) is 8.45. The molecular weight excluding hydrogens is 264 g/mol. The Hall–Kier alpha value is -2.49. The maximum atomic E-state index is 12.3. The number of para-hydroxylation sites is 1. The summed E-state index contributed by atoms with van der Waals surface area (Å²) in [6, 6.07) is 15.1. The minimum Gasteiger partial charge on any atom is -0.497 e. The fourth-order valence-electron chi connectivity index (χ4n) is 2.13. The van der Waals surface area contributed by atoms with Gasteiger partial charge in [-0.3, -0.25) is 4.79 Å². The molecule has 0 saturated heterocycles. The second-order valence-electron chi connectivity index (χ2n) is 4.85. The number of ether oxygens (including phenoxy) is 1. The van der Waals surface area contributed by atoms with Crippen molar-refractivity contribution in [2.75, 3.05) is 24.8 Å². The third-order valence-corrected chi connectivity index (χ3v) is 3.48. The summed E-state index contributed by atoms with van der Waals surface area (Å²) < 4.78 is 5.18. The lowest BCUT2D eigenvalue weighted by molar-refractivity contribution is -0.118. The summed E-state index contributed by atoms with van der Waals surface area (Å²) in [7, 11) is 3.38. The Balaban J connectivity index is 2.01. The molecule has 0 aliphatic carbocycles. The molecule has 2 rings (SSSR count). The molecule has 2 aromatic carbocycles. The van der Waals surface area contributed by atoms with Gasteiger partial charge in [0.25, 0.3) is 0 Å². The molecule has 4 nitrogen and oxygen atoms in total. The molecular formula is C17H20N2O2. The molecule has 0 fully saturated rings. The minimum absolute atomic E-state index is 0.0477. The van der Waals surface area contributed by atoms with Crippen molar-refractivity contribution in [2.45, 2.75) is 12.8 Å². The SMILES string of the molecule is COc1cccc(N(C)C(=O)CCc2ccccc2N)c1. The van der Waals surface area contributed by atoms with E-state index in [2.05, 4.69) is 0 Å². The van der Waals surface area contributed by atoms with Gasteiger partial charge in [-0.25, -0.2) is 0 Å². The minimum atomic E-state index is 0.0477. The van der Waals surface area contributed by atoms with Crippen molar-refractivity contribution in [3.63, 3.8) is 0 Å². The first-order valence-electron chi connectivity index (χ1n) is 6.86. The largest absolute Gasteiger partial charge is 0.497 e. The zero-order chi connectivity index (χ0) is 15.2. The van der Waals surface area contributed by atoms with Crippen LogP contribution in [0.3, 0.4) is 0 Å². The van der Waals surface area contributed by atoms with Crippen LogP contribution in [0.5, 0.6) is 5.75 Å². The average molecular weight is 284 g/mol. The maximum Gasteiger partial charge on any atom is 0.227 e. The number of nitrogen functional groups attached to an aromatic ring is 1. The zero-order valence-electron chi connectivity index (χ0n) is 12.4. The number of carbonyl (C=O) groups excluding carboxylic acids is 1.